The van der Waals surface area contributed by atoms with Crippen molar-refractivity contribution in [2.75, 3.05) is 11.9 Å². The van der Waals surface area contributed by atoms with Gasteiger partial charge in [-0.3, -0.25) is 14.9 Å². The zero-order valence-corrected chi connectivity index (χ0v) is 11.8. The number of benzene rings is 1. The van der Waals surface area contributed by atoms with Gasteiger partial charge in [0.1, 0.15) is 0 Å². The van der Waals surface area contributed by atoms with Gasteiger partial charge < -0.3 is 10.6 Å². The van der Waals surface area contributed by atoms with E-state index in [1.165, 1.54) is 12.1 Å². The number of nitrogens with zero attached hydrogens (tertiary/aromatic N) is 1. The van der Waals surface area contributed by atoms with Crippen molar-refractivity contribution in [1.29, 1.82) is 0 Å². The maximum Gasteiger partial charge on any atom is 0.270 e. The maximum absolute atomic E-state index is 11.5. The van der Waals surface area contributed by atoms with Crippen molar-refractivity contribution >= 4 is 33.2 Å². The van der Waals surface area contributed by atoms with Gasteiger partial charge in [-0.05, 0) is 34.8 Å². The van der Waals surface area contributed by atoms with Crippen LogP contribution in [0.2, 0.25) is 0 Å². The molecule has 7 heteroatoms. The molecule has 1 aliphatic rings. The summed E-state index contributed by atoms with van der Waals surface area (Å²) in [7, 11) is 0. The molecule has 2 rings (SSSR count). The van der Waals surface area contributed by atoms with E-state index in [1.54, 1.807) is 6.07 Å². The summed E-state index contributed by atoms with van der Waals surface area (Å²) in [6.45, 7) is 0.707. The van der Waals surface area contributed by atoms with Crippen LogP contribution < -0.4 is 10.6 Å². The Labute approximate surface area is 118 Å². The van der Waals surface area contributed by atoms with Crippen LogP contribution in [0.15, 0.2) is 22.7 Å². The lowest BCUT2D eigenvalue weighted by Crippen LogP contribution is -2.26. The summed E-state index contributed by atoms with van der Waals surface area (Å²) in [5.74, 6) is 0.0352. The number of non-ortho nitro benzene ring substituents is 1. The molecule has 1 aromatic rings. The Bertz CT molecular complexity index is 507. The van der Waals surface area contributed by atoms with Gasteiger partial charge in [0.2, 0.25) is 5.91 Å². The lowest BCUT2D eigenvalue weighted by molar-refractivity contribution is -0.384. The summed E-state index contributed by atoms with van der Waals surface area (Å²) >= 11 is 3.31. The predicted molar refractivity (Wildman–Crippen MR) is 75.1 cm³/mol. The van der Waals surface area contributed by atoms with Gasteiger partial charge >= 0.3 is 0 Å². The van der Waals surface area contributed by atoms with Crippen LogP contribution >= 0.6 is 15.9 Å². The summed E-state index contributed by atoms with van der Waals surface area (Å²) in [6.07, 6.45) is 2.24. The van der Waals surface area contributed by atoms with Gasteiger partial charge in [0.25, 0.3) is 5.69 Å². The highest BCUT2D eigenvalue weighted by Crippen LogP contribution is 2.28. The van der Waals surface area contributed by atoms with E-state index in [9.17, 15) is 14.9 Å². The number of nitro groups is 1. The SMILES string of the molecule is O=C1CC(Nc2ccc([N+](=O)[O-])cc2Br)CCCN1. The van der Waals surface area contributed by atoms with E-state index < -0.39 is 4.92 Å². The molecular formula is C12H14BrN3O3. The molecule has 6 nitrogen and oxygen atoms in total. The van der Waals surface area contributed by atoms with E-state index in [2.05, 4.69) is 26.6 Å². The zero-order chi connectivity index (χ0) is 13.8. The van der Waals surface area contributed by atoms with E-state index in [1.807, 2.05) is 0 Å². The predicted octanol–water partition coefficient (Wildman–Crippen LogP) is 2.44. The third kappa shape index (κ3) is 3.66. The quantitative estimate of drug-likeness (QED) is 0.659. The second-order valence-electron chi connectivity index (χ2n) is 4.46. The summed E-state index contributed by atoms with van der Waals surface area (Å²) in [5.41, 5.74) is 0.807. The van der Waals surface area contributed by atoms with Crippen LogP contribution in [0.4, 0.5) is 11.4 Å². The monoisotopic (exact) mass is 327 g/mol. The first-order valence-corrected chi connectivity index (χ1v) is 6.83. The first-order chi connectivity index (χ1) is 9.06. The Balaban J connectivity index is 2.10. The van der Waals surface area contributed by atoms with Crippen molar-refractivity contribution < 1.29 is 9.72 Å². The van der Waals surface area contributed by atoms with Crippen LogP contribution in [0.1, 0.15) is 19.3 Å². The normalized spacial score (nSPS) is 19.4. The molecule has 1 atom stereocenters. The number of hydrogen-bond acceptors (Lipinski definition) is 4. The summed E-state index contributed by atoms with van der Waals surface area (Å²) in [5, 5.41) is 16.7. The van der Waals surface area contributed by atoms with Crippen LogP contribution in [0.3, 0.4) is 0 Å². The van der Waals surface area contributed by atoms with E-state index in [0.29, 0.717) is 17.4 Å². The highest BCUT2D eigenvalue weighted by atomic mass is 79.9. The molecule has 19 heavy (non-hydrogen) atoms. The van der Waals surface area contributed by atoms with Crippen molar-refractivity contribution in [3.05, 3.63) is 32.8 Å². The van der Waals surface area contributed by atoms with Crippen molar-refractivity contribution in [1.82, 2.24) is 5.32 Å². The minimum absolute atomic E-state index is 0.0352. The summed E-state index contributed by atoms with van der Waals surface area (Å²) in [4.78, 5) is 21.7. The van der Waals surface area contributed by atoms with Crippen LogP contribution in [0.5, 0.6) is 0 Å². The Kier molecular flexibility index (Phi) is 4.36. The molecule has 1 saturated heterocycles. The Morgan fingerprint density at radius 1 is 1.47 bits per heavy atom. The van der Waals surface area contributed by atoms with Gasteiger partial charge in [0.05, 0.1) is 4.92 Å². The Morgan fingerprint density at radius 2 is 2.26 bits per heavy atom. The lowest BCUT2D eigenvalue weighted by Gasteiger charge is -2.17. The third-order valence-corrected chi connectivity index (χ3v) is 3.66. The minimum Gasteiger partial charge on any atom is -0.381 e. The summed E-state index contributed by atoms with van der Waals surface area (Å²) < 4.78 is 0.631. The first kappa shape index (κ1) is 13.8. The average molecular weight is 328 g/mol. The van der Waals surface area contributed by atoms with Crippen LogP contribution in [-0.2, 0) is 4.79 Å². The molecule has 102 valence electrons. The standard InChI is InChI=1S/C12H14BrN3O3/c13-10-7-9(16(18)19)3-4-11(10)15-8-2-1-5-14-12(17)6-8/h3-4,7-8,15H,1-2,5-6H2,(H,14,17). The second-order valence-corrected chi connectivity index (χ2v) is 5.31. The zero-order valence-electron chi connectivity index (χ0n) is 10.2. The fraction of sp³-hybridized carbons (Fsp3) is 0.417. The van der Waals surface area contributed by atoms with Gasteiger partial charge in [0.15, 0.2) is 0 Å². The highest BCUT2D eigenvalue weighted by molar-refractivity contribution is 9.10. The maximum atomic E-state index is 11.5. The number of halogens is 1. The fourth-order valence-electron chi connectivity index (χ4n) is 2.05. The molecule has 1 aromatic carbocycles. The van der Waals surface area contributed by atoms with Crippen molar-refractivity contribution in [2.45, 2.75) is 25.3 Å². The van der Waals surface area contributed by atoms with Gasteiger partial charge in [-0.25, -0.2) is 0 Å². The van der Waals surface area contributed by atoms with Crippen molar-refractivity contribution in [3.8, 4) is 0 Å². The van der Waals surface area contributed by atoms with Crippen LogP contribution in [0, 0.1) is 10.1 Å². The number of nitro benzene ring substituents is 1. The van der Waals surface area contributed by atoms with Gasteiger partial charge in [0, 0.05) is 41.3 Å². The van der Waals surface area contributed by atoms with Crippen LogP contribution in [0.25, 0.3) is 0 Å². The molecule has 0 bridgehead atoms. The number of anilines is 1. The third-order valence-electron chi connectivity index (χ3n) is 3.01. The van der Waals surface area contributed by atoms with Crippen molar-refractivity contribution in [3.63, 3.8) is 0 Å². The second kappa shape index (κ2) is 6.01. The first-order valence-electron chi connectivity index (χ1n) is 6.03. The molecule has 1 heterocycles. The number of nitrogens with one attached hydrogen (secondary N) is 2. The van der Waals surface area contributed by atoms with E-state index in [0.717, 1.165) is 18.5 Å². The molecule has 0 spiro atoms. The number of rotatable bonds is 3. The molecular weight excluding hydrogens is 314 g/mol. The van der Waals surface area contributed by atoms with E-state index >= 15 is 0 Å². The van der Waals surface area contributed by atoms with Crippen molar-refractivity contribution in [2.24, 2.45) is 0 Å². The number of carbonyl (C=O) groups is 1. The molecule has 1 aliphatic heterocycles. The molecule has 0 aromatic heterocycles. The largest absolute Gasteiger partial charge is 0.381 e. The number of hydrogen-bond donors (Lipinski definition) is 2. The smallest absolute Gasteiger partial charge is 0.270 e. The Hall–Kier alpha value is -1.63. The number of amides is 1. The lowest BCUT2D eigenvalue weighted by atomic mass is 10.1. The average Bonchev–Trinajstić information content (AvgIpc) is 2.56. The highest BCUT2D eigenvalue weighted by Gasteiger charge is 2.18. The minimum atomic E-state index is -0.437. The van der Waals surface area contributed by atoms with Gasteiger partial charge in [-0.2, -0.15) is 0 Å². The van der Waals surface area contributed by atoms with Gasteiger partial charge in [-0.15, -0.1) is 0 Å². The molecule has 1 amide bonds. The molecule has 2 N–H and O–H groups in total. The fourth-order valence-corrected chi connectivity index (χ4v) is 2.53. The molecule has 0 aliphatic carbocycles. The summed E-state index contributed by atoms with van der Waals surface area (Å²) in [6, 6.07) is 4.62. The topological polar surface area (TPSA) is 84.3 Å². The molecule has 1 unspecified atom stereocenters. The Morgan fingerprint density at radius 3 is 2.95 bits per heavy atom. The van der Waals surface area contributed by atoms with Crippen LogP contribution in [-0.4, -0.2) is 23.4 Å². The molecule has 0 radical (unpaired) electrons. The number of carbonyl (C=O) groups excluding carboxylic acids is 1. The molecule has 0 saturated carbocycles. The van der Waals surface area contributed by atoms with E-state index in [-0.39, 0.29) is 17.6 Å². The molecule has 1 fully saturated rings. The van der Waals surface area contributed by atoms with Gasteiger partial charge in [-0.1, -0.05) is 0 Å². The van der Waals surface area contributed by atoms with E-state index in [4.69, 9.17) is 0 Å².